The first-order chi connectivity index (χ1) is 9.40. The van der Waals surface area contributed by atoms with Crippen LogP contribution in [0.25, 0.3) is 0 Å². The standard InChI is InChI=1S/C13H12Cl2N2O2S/c14-11-4-2-1-3-9(11)8-17-20(18,19)10-5-6-13(16)12(15)7-10/h1-7,17H,8,16H2. The quantitative estimate of drug-likeness (QED) is 0.846. The van der Waals surface area contributed by atoms with Crippen molar-refractivity contribution < 1.29 is 8.42 Å². The zero-order chi connectivity index (χ0) is 14.8. The van der Waals surface area contributed by atoms with E-state index >= 15 is 0 Å². The number of halogens is 2. The fourth-order valence-electron chi connectivity index (χ4n) is 1.57. The van der Waals surface area contributed by atoms with E-state index in [1.807, 2.05) is 0 Å². The molecule has 0 bridgehead atoms. The van der Waals surface area contributed by atoms with Gasteiger partial charge < -0.3 is 5.73 Å². The summed E-state index contributed by atoms with van der Waals surface area (Å²) in [4.78, 5) is 0.0590. The molecule has 0 heterocycles. The zero-order valence-electron chi connectivity index (χ0n) is 10.3. The monoisotopic (exact) mass is 330 g/mol. The van der Waals surface area contributed by atoms with Crippen LogP contribution < -0.4 is 10.5 Å². The number of rotatable bonds is 4. The van der Waals surface area contributed by atoms with Gasteiger partial charge in [-0.15, -0.1) is 0 Å². The molecule has 20 heavy (non-hydrogen) atoms. The third-order valence-corrected chi connectivity index (χ3v) is 4.79. The molecule has 7 heteroatoms. The van der Waals surface area contributed by atoms with Crippen LogP contribution in [-0.2, 0) is 16.6 Å². The summed E-state index contributed by atoms with van der Waals surface area (Å²) in [5, 5.41) is 0.705. The number of nitrogens with one attached hydrogen (secondary N) is 1. The largest absolute Gasteiger partial charge is 0.398 e. The lowest BCUT2D eigenvalue weighted by Crippen LogP contribution is -2.23. The van der Waals surface area contributed by atoms with E-state index < -0.39 is 10.0 Å². The van der Waals surface area contributed by atoms with Crippen LogP contribution in [0.5, 0.6) is 0 Å². The smallest absolute Gasteiger partial charge is 0.240 e. The summed E-state index contributed by atoms with van der Waals surface area (Å²) in [5.74, 6) is 0. The molecular weight excluding hydrogens is 319 g/mol. The predicted octanol–water partition coefficient (Wildman–Crippen LogP) is 3.05. The minimum Gasteiger partial charge on any atom is -0.398 e. The summed E-state index contributed by atoms with van der Waals surface area (Å²) in [6, 6.07) is 11.2. The Balaban J connectivity index is 2.19. The molecule has 2 aromatic carbocycles. The highest BCUT2D eigenvalue weighted by molar-refractivity contribution is 7.89. The van der Waals surface area contributed by atoms with Crippen LogP contribution >= 0.6 is 23.2 Å². The van der Waals surface area contributed by atoms with Gasteiger partial charge in [0.25, 0.3) is 0 Å². The zero-order valence-corrected chi connectivity index (χ0v) is 12.6. The summed E-state index contributed by atoms with van der Waals surface area (Å²) in [6.45, 7) is 0.101. The molecular formula is C13H12Cl2N2O2S. The van der Waals surface area contributed by atoms with Crippen molar-refractivity contribution >= 4 is 38.9 Å². The van der Waals surface area contributed by atoms with Crippen LogP contribution in [0.2, 0.25) is 10.0 Å². The topological polar surface area (TPSA) is 72.2 Å². The molecule has 0 atom stereocenters. The van der Waals surface area contributed by atoms with Gasteiger partial charge in [-0.2, -0.15) is 0 Å². The summed E-state index contributed by atoms with van der Waals surface area (Å²) in [6.07, 6.45) is 0. The Bertz CT molecular complexity index is 733. The van der Waals surface area contributed by atoms with Gasteiger partial charge in [-0.25, -0.2) is 13.1 Å². The van der Waals surface area contributed by atoms with E-state index in [9.17, 15) is 8.42 Å². The number of benzene rings is 2. The molecule has 2 rings (SSSR count). The normalized spacial score (nSPS) is 11.5. The van der Waals surface area contributed by atoms with Gasteiger partial charge in [0.1, 0.15) is 0 Å². The van der Waals surface area contributed by atoms with E-state index in [4.69, 9.17) is 28.9 Å². The number of hydrogen-bond acceptors (Lipinski definition) is 3. The van der Waals surface area contributed by atoms with Gasteiger partial charge in [0.15, 0.2) is 0 Å². The van der Waals surface area contributed by atoms with Crippen molar-refractivity contribution in [1.29, 1.82) is 0 Å². The van der Waals surface area contributed by atoms with Crippen LogP contribution in [0.4, 0.5) is 5.69 Å². The fourth-order valence-corrected chi connectivity index (χ4v) is 3.05. The van der Waals surface area contributed by atoms with Crippen molar-refractivity contribution in [2.45, 2.75) is 11.4 Å². The molecule has 3 N–H and O–H groups in total. The van der Waals surface area contributed by atoms with E-state index in [0.29, 0.717) is 16.3 Å². The Hall–Kier alpha value is -1.27. The second-order valence-corrected chi connectivity index (χ2v) is 6.68. The van der Waals surface area contributed by atoms with E-state index in [1.165, 1.54) is 18.2 Å². The van der Waals surface area contributed by atoms with E-state index in [-0.39, 0.29) is 16.5 Å². The van der Waals surface area contributed by atoms with Crippen molar-refractivity contribution in [3.8, 4) is 0 Å². The van der Waals surface area contributed by atoms with Crippen molar-refractivity contribution in [2.75, 3.05) is 5.73 Å². The molecule has 0 spiro atoms. The van der Waals surface area contributed by atoms with Gasteiger partial charge >= 0.3 is 0 Å². The summed E-state index contributed by atoms with van der Waals surface area (Å²) in [7, 11) is -3.66. The van der Waals surface area contributed by atoms with E-state index in [2.05, 4.69) is 4.72 Å². The lowest BCUT2D eigenvalue weighted by molar-refractivity contribution is 0.581. The second-order valence-electron chi connectivity index (χ2n) is 4.10. The van der Waals surface area contributed by atoms with Gasteiger partial charge in [-0.05, 0) is 29.8 Å². The Labute approximate surface area is 127 Å². The predicted molar refractivity (Wildman–Crippen MR) is 81.3 cm³/mol. The highest BCUT2D eigenvalue weighted by Crippen LogP contribution is 2.23. The van der Waals surface area contributed by atoms with Gasteiger partial charge in [0.2, 0.25) is 10.0 Å². The Morgan fingerprint density at radius 1 is 1.05 bits per heavy atom. The molecule has 0 unspecified atom stereocenters. The third kappa shape index (κ3) is 3.43. The first-order valence-corrected chi connectivity index (χ1v) is 7.92. The van der Waals surface area contributed by atoms with Crippen LogP contribution in [0.15, 0.2) is 47.4 Å². The van der Waals surface area contributed by atoms with Crippen LogP contribution in [-0.4, -0.2) is 8.42 Å². The highest BCUT2D eigenvalue weighted by Gasteiger charge is 2.15. The molecule has 0 aromatic heterocycles. The maximum atomic E-state index is 12.1. The lowest BCUT2D eigenvalue weighted by atomic mass is 10.2. The minimum absolute atomic E-state index is 0.0590. The molecule has 0 saturated heterocycles. The van der Waals surface area contributed by atoms with Crippen molar-refractivity contribution in [1.82, 2.24) is 4.72 Å². The first-order valence-electron chi connectivity index (χ1n) is 5.68. The maximum absolute atomic E-state index is 12.1. The second kappa shape index (κ2) is 6.01. The number of nitrogens with two attached hydrogens (primary N) is 1. The Kier molecular flexibility index (Phi) is 4.55. The van der Waals surface area contributed by atoms with Gasteiger partial charge in [0, 0.05) is 11.6 Å². The van der Waals surface area contributed by atoms with Gasteiger partial charge in [0.05, 0.1) is 15.6 Å². The van der Waals surface area contributed by atoms with Crippen molar-refractivity contribution in [3.05, 3.63) is 58.1 Å². The molecule has 0 aliphatic carbocycles. The van der Waals surface area contributed by atoms with Gasteiger partial charge in [-0.1, -0.05) is 41.4 Å². The number of hydrogen-bond donors (Lipinski definition) is 2. The SMILES string of the molecule is Nc1ccc(S(=O)(=O)NCc2ccccc2Cl)cc1Cl. The first kappa shape index (κ1) is 15.1. The number of sulfonamides is 1. The number of nitrogen functional groups attached to an aromatic ring is 1. The summed E-state index contributed by atoms with van der Waals surface area (Å²) >= 11 is 11.8. The third-order valence-electron chi connectivity index (χ3n) is 2.69. The summed E-state index contributed by atoms with van der Waals surface area (Å²) in [5.41, 5.74) is 6.58. The average Bonchev–Trinajstić information content (AvgIpc) is 2.41. The maximum Gasteiger partial charge on any atom is 0.240 e. The van der Waals surface area contributed by atoms with Crippen LogP contribution in [0.1, 0.15) is 5.56 Å². The summed E-state index contributed by atoms with van der Waals surface area (Å²) < 4.78 is 26.7. The van der Waals surface area contributed by atoms with Crippen molar-refractivity contribution in [2.24, 2.45) is 0 Å². The molecule has 0 amide bonds. The Morgan fingerprint density at radius 2 is 1.75 bits per heavy atom. The molecule has 106 valence electrons. The molecule has 0 aliphatic rings. The van der Waals surface area contributed by atoms with Crippen LogP contribution in [0, 0.1) is 0 Å². The average molecular weight is 331 g/mol. The van der Waals surface area contributed by atoms with E-state index in [1.54, 1.807) is 24.3 Å². The highest BCUT2D eigenvalue weighted by atomic mass is 35.5. The van der Waals surface area contributed by atoms with Gasteiger partial charge in [-0.3, -0.25) is 0 Å². The Morgan fingerprint density at radius 3 is 2.40 bits per heavy atom. The fraction of sp³-hybridized carbons (Fsp3) is 0.0769. The molecule has 0 saturated carbocycles. The molecule has 0 fully saturated rings. The minimum atomic E-state index is -3.66. The molecule has 2 aromatic rings. The van der Waals surface area contributed by atoms with Crippen molar-refractivity contribution in [3.63, 3.8) is 0 Å². The molecule has 0 aliphatic heterocycles. The van der Waals surface area contributed by atoms with E-state index in [0.717, 1.165) is 0 Å². The molecule has 4 nitrogen and oxygen atoms in total. The molecule has 0 radical (unpaired) electrons. The lowest BCUT2D eigenvalue weighted by Gasteiger charge is -2.09. The van der Waals surface area contributed by atoms with Crippen LogP contribution in [0.3, 0.4) is 0 Å². The number of anilines is 1.